The lowest BCUT2D eigenvalue weighted by molar-refractivity contribution is 0.575. The Labute approximate surface area is 104 Å². The molecule has 0 amide bonds. The third kappa shape index (κ3) is 2.38. The van der Waals surface area contributed by atoms with Gasteiger partial charge < -0.3 is 5.32 Å². The molecule has 1 saturated heterocycles. The normalized spacial score (nSPS) is 30.8. The highest BCUT2D eigenvalue weighted by Gasteiger charge is 2.30. The van der Waals surface area contributed by atoms with Crippen molar-refractivity contribution in [3.8, 4) is 0 Å². The Bertz CT molecular complexity index is 367. The lowest BCUT2D eigenvalue weighted by Crippen LogP contribution is -2.26. The zero-order valence-corrected chi connectivity index (χ0v) is 11.3. The molecule has 1 aliphatic rings. The van der Waals surface area contributed by atoms with Gasteiger partial charge >= 0.3 is 0 Å². The zero-order chi connectivity index (χ0) is 11.0. The molecule has 0 radical (unpaired) electrons. The first-order valence-corrected chi connectivity index (χ1v) is 6.46. The summed E-state index contributed by atoms with van der Waals surface area (Å²) < 4.78 is 1.04. The Morgan fingerprint density at radius 3 is 2.67 bits per heavy atom. The van der Waals surface area contributed by atoms with Crippen molar-refractivity contribution in [2.75, 3.05) is 0 Å². The van der Waals surface area contributed by atoms with Crippen LogP contribution in [0.4, 0.5) is 0 Å². The third-order valence-corrected chi connectivity index (χ3v) is 3.94. The summed E-state index contributed by atoms with van der Waals surface area (Å²) in [7, 11) is 0. The van der Waals surface area contributed by atoms with Gasteiger partial charge in [0.05, 0.1) is 0 Å². The molecule has 1 aromatic rings. The van der Waals surface area contributed by atoms with E-state index in [0.717, 1.165) is 9.50 Å². The van der Waals surface area contributed by atoms with E-state index < -0.39 is 0 Å². The maximum Gasteiger partial charge on any atom is 0.0452 e. The molecule has 1 aliphatic heterocycles. The average Bonchev–Trinajstić information content (AvgIpc) is 2.45. The van der Waals surface area contributed by atoms with E-state index in [4.69, 9.17) is 11.6 Å². The van der Waals surface area contributed by atoms with Gasteiger partial charge in [0.15, 0.2) is 0 Å². The van der Waals surface area contributed by atoms with Gasteiger partial charge in [0.1, 0.15) is 0 Å². The monoisotopic (exact) mass is 287 g/mol. The van der Waals surface area contributed by atoms with E-state index >= 15 is 0 Å². The van der Waals surface area contributed by atoms with Gasteiger partial charge in [-0.2, -0.15) is 0 Å². The van der Waals surface area contributed by atoms with Crippen molar-refractivity contribution >= 4 is 27.5 Å². The van der Waals surface area contributed by atoms with Crippen molar-refractivity contribution in [2.24, 2.45) is 0 Å². The highest BCUT2D eigenvalue weighted by molar-refractivity contribution is 9.10. The van der Waals surface area contributed by atoms with Crippen molar-refractivity contribution in [2.45, 2.75) is 38.3 Å². The molecule has 2 rings (SSSR count). The standard InChI is InChI=1S/C12H15BrClN/c1-7-5-11(8(2)15-7)10-4-3-9(13)6-12(10)14/h3-4,6-8,11,15H,5H2,1-2H3. The Kier molecular flexibility index (Phi) is 3.39. The van der Waals surface area contributed by atoms with Crippen LogP contribution in [0.1, 0.15) is 31.7 Å². The van der Waals surface area contributed by atoms with E-state index in [1.807, 2.05) is 6.07 Å². The second-order valence-electron chi connectivity index (χ2n) is 4.36. The van der Waals surface area contributed by atoms with Crippen LogP contribution in [-0.2, 0) is 0 Å². The molecule has 15 heavy (non-hydrogen) atoms. The topological polar surface area (TPSA) is 12.0 Å². The molecule has 0 saturated carbocycles. The predicted molar refractivity (Wildman–Crippen MR) is 68.6 cm³/mol. The van der Waals surface area contributed by atoms with Crippen LogP contribution in [-0.4, -0.2) is 12.1 Å². The highest BCUT2D eigenvalue weighted by atomic mass is 79.9. The van der Waals surface area contributed by atoms with Crippen LogP contribution < -0.4 is 5.32 Å². The van der Waals surface area contributed by atoms with E-state index in [-0.39, 0.29) is 0 Å². The Balaban J connectivity index is 2.29. The molecule has 82 valence electrons. The summed E-state index contributed by atoms with van der Waals surface area (Å²) in [4.78, 5) is 0. The van der Waals surface area contributed by atoms with Crippen molar-refractivity contribution in [1.29, 1.82) is 0 Å². The smallest absolute Gasteiger partial charge is 0.0452 e. The number of nitrogens with one attached hydrogen (secondary N) is 1. The minimum atomic E-state index is 0.513. The molecule has 1 nitrogen and oxygen atoms in total. The van der Waals surface area contributed by atoms with Crippen LogP contribution in [0.25, 0.3) is 0 Å². The summed E-state index contributed by atoms with van der Waals surface area (Å²) in [5, 5.41) is 4.41. The Morgan fingerprint density at radius 2 is 2.13 bits per heavy atom. The molecule has 3 heteroatoms. The van der Waals surface area contributed by atoms with E-state index in [9.17, 15) is 0 Å². The number of rotatable bonds is 1. The van der Waals surface area contributed by atoms with E-state index in [0.29, 0.717) is 18.0 Å². The maximum atomic E-state index is 6.26. The third-order valence-electron chi connectivity index (χ3n) is 3.12. The second-order valence-corrected chi connectivity index (χ2v) is 5.69. The van der Waals surface area contributed by atoms with Gasteiger partial charge in [-0.05, 0) is 38.0 Å². The summed E-state index contributed by atoms with van der Waals surface area (Å²) in [6, 6.07) is 7.28. The van der Waals surface area contributed by atoms with Gasteiger partial charge in [-0.3, -0.25) is 0 Å². The lowest BCUT2D eigenvalue weighted by Gasteiger charge is -2.16. The molecule has 1 fully saturated rings. The summed E-state index contributed by atoms with van der Waals surface area (Å²) in [5.41, 5.74) is 1.27. The molecule has 1 aromatic carbocycles. The fraction of sp³-hybridized carbons (Fsp3) is 0.500. The summed E-state index contributed by atoms with van der Waals surface area (Å²) in [6.45, 7) is 4.45. The zero-order valence-electron chi connectivity index (χ0n) is 8.93. The van der Waals surface area contributed by atoms with Gasteiger partial charge in [0.25, 0.3) is 0 Å². The molecule has 1 heterocycles. The largest absolute Gasteiger partial charge is 0.311 e. The molecular weight excluding hydrogens is 273 g/mol. The fourth-order valence-corrected chi connectivity index (χ4v) is 3.23. The SMILES string of the molecule is CC1CC(c2ccc(Br)cc2Cl)C(C)N1. The second kappa shape index (κ2) is 4.44. The van der Waals surface area contributed by atoms with E-state index in [1.54, 1.807) is 0 Å². The molecule has 0 aliphatic carbocycles. The molecule has 0 spiro atoms. The van der Waals surface area contributed by atoms with Crippen LogP contribution >= 0.6 is 27.5 Å². The van der Waals surface area contributed by atoms with Crippen molar-refractivity contribution in [1.82, 2.24) is 5.32 Å². The predicted octanol–water partition coefficient (Wildman–Crippen LogP) is 3.96. The minimum Gasteiger partial charge on any atom is -0.311 e. The maximum absolute atomic E-state index is 6.26. The summed E-state index contributed by atoms with van der Waals surface area (Å²) in [6.07, 6.45) is 1.17. The van der Waals surface area contributed by atoms with E-state index in [2.05, 4.69) is 47.2 Å². The van der Waals surface area contributed by atoms with Crippen LogP contribution in [0, 0.1) is 0 Å². The van der Waals surface area contributed by atoms with Crippen LogP contribution in [0.15, 0.2) is 22.7 Å². The van der Waals surface area contributed by atoms with Crippen LogP contribution in [0.2, 0.25) is 5.02 Å². The first-order valence-electron chi connectivity index (χ1n) is 5.29. The van der Waals surface area contributed by atoms with E-state index in [1.165, 1.54) is 12.0 Å². The number of hydrogen-bond donors (Lipinski definition) is 1. The lowest BCUT2D eigenvalue weighted by atomic mass is 9.92. The van der Waals surface area contributed by atoms with Crippen molar-refractivity contribution < 1.29 is 0 Å². The molecule has 0 aromatic heterocycles. The molecule has 0 bridgehead atoms. The van der Waals surface area contributed by atoms with Crippen LogP contribution in [0.5, 0.6) is 0 Å². The summed E-state index contributed by atoms with van der Waals surface area (Å²) >= 11 is 9.70. The van der Waals surface area contributed by atoms with Crippen molar-refractivity contribution in [3.63, 3.8) is 0 Å². The molecule has 3 unspecified atom stereocenters. The molecular formula is C12H15BrClN. The summed E-state index contributed by atoms with van der Waals surface area (Å²) in [5.74, 6) is 0.542. The first-order chi connectivity index (χ1) is 7.08. The van der Waals surface area contributed by atoms with Crippen LogP contribution in [0.3, 0.4) is 0 Å². The van der Waals surface area contributed by atoms with Gasteiger partial charge in [0.2, 0.25) is 0 Å². The first kappa shape index (κ1) is 11.4. The Morgan fingerprint density at radius 1 is 1.40 bits per heavy atom. The number of halogens is 2. The Hall–Kier alpha value is -0.0500. The highest BCUT2D eigenvalue weighted by Crippen LogP contribution is 2.35. The van der Waals surface area contributed by atoms with Gasteiger partial charge in [0, 0.05) is 27.5 Å². The number of benzene rings is 1. The van der Waals surface area contributed by atoms with Gasteiger partial charge in [-0.25, -0.2) is 0 Å². The van der Waals surface area contributed by atoms with Gasteiger partial charge in [-0.15, -0.1) is 0 Å². The quantitative estimate of drug-likeness (QED) is 0.825. The van der Waals surface area contributed by atoms with Gasteiger partial charge in [-0.1, -0.05) is 33.6 Å². The molecule has 3 atom stereocenters. The minimum absolute atomic E-state index is 0.513. The fourth-order valence-electron chi connectivity index (χ4n) is 2.42. The number of hydrogen-bond acceptors (Lipinski definition) is 1. The molecule has 1 N–H and O–H groups in total. The van der Waals surface area contributed by atoms with Crippen molar-refractivity contribution in [3.05, 3.63) is 33.3 Å². The average molecular weight is 289 g/mol.